The van der Waals surface area contributed by atoms with Gasteiger partial charge in [0, 0.05) is 19.6 Å². The van der Waals surface area contributed by atoms with Crippen LogP contribution in [0.25, 0.3) is 0 Å². The van der Waals surface area contributed by atoms with Gasteiger partial charge >= 0.3 is 6.09 Å². The highest BCUT2D eigenvalue weighted by Gasteiger charge is 2.23. The fraction of sp³-hybridized carbons (Fsp3) is 0.500. The van der Waals surface area contributed by atoms with Crippen LogP contribution in [0.3, 0.4) is 0 Å². The molecule has 120 valence electrons. The van der Waals surface area contributed by atoms with Gasteiger partial charge in [-0.3, -0.25) is 4.79 Å². The third-order valence-corrected chi connectivity index (χ3v) is 3.91. The SMILES string of the molecule is COC(=O)N1CCC(CNC(=O)Cc2ccc(F)cc2)CC1. The lowest BCUT2D eigenvalue weighted by atomic mass is 9.97. The van der Waals surface area contributed by atoms with Gasteiger partial charge in [0.05, 0.1) is 13.5 Å². The number of benzene rings is 1. The highest BCUT2D eigenvalue weighted by atomic mass is 19.1. The van der Waals surface area contributed by atoms with Gasteiger partial charge in [-0.1, -0.05) is 12.1 Å². The van der Waals surface area contributed by atoms with Gasteiger partial charge in [-0.25, -0.2) is 9.18 Å². The normalized spacial score (nSPS) is 15.5. The number of hydrogen-bond acceptors (Lipinski definition) is 3. The lowest BCUT2D eigenvalue weighted by Gasteiger charge is -2.30. The van der Waals surface area contributed by atoms with Crippen LogP contribution in [0.2, 0.25) is 0 Å². The van der Waals surface area contributed by atoms with Crippen molar-refractivity contribution in [3.63, 3.8) is 0 Å². The molecule has 1 aromatic carbocycles. The number of hydrogen-bond donors (Lipinski definition) is 1. The van der Waals surface area contributed by atoms with Crippen molar-refractivity contribution < 1.29 is 18.7 Å². The number of rotatable bonds is 4. The number of carbonyl (C=O) groups excluding carboxylic acids is 2. The first-order valence-electron chi connectivity index (χ1n) is 7.42. The second kappa shape index (κ2) is 7.77. The summed E-state index contributed by atoms with van der Waals surface area (Å²) in [4.78, 5) is 24.9. The molecular formula is C16H21FN2O3. The summed E-state index contributed by atoms with van der Waals surface area (Å²) in [5.74, 6) is 0.00148. The molecule has 0 aliphatic carbocycles. The van der Waals surface area contributed by atoms with Gasteiger partial charge < -0.3 is 15.0 Å². The zero-order chi connectivity index (χ0) is 15.9. The second-order valence-electron chi connectivity index (χ2n) is 5.51. The molecule has 0 saturated carbocycles. The van der Waals surface area contributed by atoms with E-state index in [1.54, 1.807) is 17.0 Å². The Bertz CT molecular complexity index is 511. The number of nitrogens with one attached hydrogen (secondary N) is 1. The van der Waals surface area contributed by atoms with E-state index in [-0.39, 0.29) is 24.2 Å². The Morgan fingerprint density at radius 3 is 2.50 bits per heavy atom. The van der Waals surface area contributed by atoms with E-state index >= 15 is 0 Å². The number of nitrogens with zero attached hydrogens (tertiary/aromatic N) is 1. The number of carbonyl (C=O) groups is 2. The van der Waals surface area contributed by atoms with E-state index in [0.717, 1.165) is 18.4 Å². The summed E-state index contributed by atoms with van der Waals surface area (Å²) in [6, 6.07) is 5.93. The van der Waals surface area contributed by atoms with Gasteiger partial charge in [-0.2, -0.15) is 0 Å². The summed E-state index contributed by atoms with van der Waals surface area (Å²) in [7, 11) is 1.38. The van der Waals surface area contributed by atoms with E-state index in [4.69, 9.17) is 0 Å². The van der Waals surface area contributed by atoms with Gasteiger partial charge in [0.15, 0.2) is 0 Å². The molecule has 1 aromatic rings. The summed E-state index contributed by atoms with van der Waals surface area (Å²) < 4.78 is 17.5. The fourth-order valence-corrected chi connectivity index (χ4v) is 2.56. The quantitative estimate of drug-likeness (QED) is 0.925. The maximum atomic E-state index is 12.8. The van der Waals surface area contributed by atoms with Gasteiger partial charge in [-0.15, -0.1) is 0 Å². The van der Waals surface area contributed by atoms with Crippen LogP contribution >= 0.6 is 0 Å². The molecule has 1 aliphatic rings. The molecule has 1 aliphatic heterocycles. The maximum absolute atomic E-state index is 12.8. The van der Waals surface area contributed by atoms with Crippen LogP contribution in [0.15, 0.2) is 24.3 Å². The average Bonchev–Trinajstić information content (AvgIpc) is 2.55. The minimum Gasteiger partial charge on any atom is -0.453 e. The van der Waals surface area contributed by atoms with E-state index in [2.05, 4.69) is 10.1 Å². The third-order valence-electron chi connectivity index (χ3n) is 3.91. The van der Waals surface area contributed by atoms with Crippen molar-refractivity contribution in [2.45, 2.75) is 19.3 Å². The molecule has 2 amide bonds. The summed E-state index contributed by atoms with van der Waals surface area (Å²) >= 11 is 0. The first-order chi connectivity index (χ1) is 10.6. The standard InChI is InChI=1S/C16H21FN2O3/c1-22-16(21)19-8-6-13(7-9-19)11-18-15(20)10-12-2-4-14(17)5-3-12/h2-5,13H,6-11H2,1H3,(H,18,20). The van der Waals surface area contributed by atoms with Gasteiger partial charge in [-0.05, 0) is 36.5 Å². The first-order valence-corrected chi connectivity index (χ1v) is 7.42. The summed E-state index contributed by atoms with van der Waals surface area (Å²) in [6.07, 6.45) is 1.66. The second-order valence-corrected chi connectivity index (χ2v) is 5.51. The topological polar surface area (TPSA) is 58.6 Å². The van der Waals surface area contributed by atoms with Crippen molar-refractivity contribution in [1.29, 1.82) is 0 Å². The summed E-state index contributed by atoms with van der Waals surface area (Å²) in [5.41, 5.74) is 0.791. The molecule has 0 radical (unpaired) electrons. The van der Waals surface area contributed by atoms with Crippen LogP contribution in [0.5, 0.6) is 0 Å². The van der Waals surface area contributed by atoms with Crippen LogP contribution in [0.4, 0.5) is 9.18 Å². The molecule has 1 saturated heterocycles. The van der Waals surface area contributed by atoms with Crippen LogP contribution < -0.4 is 5.32 Å². The highest BCUT2D eigenvalue weighted by Crippen LogP contribution is 2.17. The Morgan fingerprint density at radius 1 is 1.27 bits per heavy atom. The minimum absolute atomic E-state index is 0.0676. The van der Waals surface area contributed by atoms with E-state index in [1.807, 2.05) is 0 Å². The van der Waals surface area contributed by atoms with Gasteiger partial charge in [0.2, 0.25) is 5.91 Å². The van der Waals surface area contributed by atoms with Crippen molar-refractivity contribution in [3.8, 4) is 0 Å². The third kappa shape index (κ3) is 4.72. The van der Waals surface area contributed by atoms with Crippen LogP contribution in [-0.2, 0) is 16.0 Å². The fourth-order valence-electron chi connectivity index (χ4n) is 2.56. The smallest absolute Gasteiger partial charge is 0.409 e. The number of amides is 2. The zero-order valence-corrected chi connectivity index (χ0v) is 12.7. The van der Waals surface area contributed by atoms with Gasteiger partial charge in [0.1, 0.15) is 5.82 Å². The predicted octanol–water partition coefficient (Wildman–Crippen LogP) is 1.96. The molecule has 0 atom stereocenters. The lowest BCUT2D eigenvalue weighted by Crippen LogP contribution is -2.41. The summed E-state index contributed by atoms with van der Waals surface area (Å²) in [5, 5.41) is 2.91. The van der Waals surface area contributed by atoms with Crippen LogP contribution in [0.1, 0.15) is 18.4 Å². The Labute approximate surface area is 129 Å². The molecule has 1 fully saturated rings. The molecule has 0 unspecified atom stereocenters. The molecule has 0 bridgehead atoms. The van der Waals surface area contributed by atoms with Gasteiger partial charge in [0.25, 0.3) is 0 Å². The molecule has 1 N–H and O–H groups in total. The molecule has 22 heavy (non-hydrogen) atoms. The monoisotopic (exact) mass is 308 g/mol. The number of ether oxygens (including phenoxy) is 1. The molecule has 6 heteroatoms. The van der Waals surface area contributed by atoms with Crippen molar-refractivity contribution in [1.82, 2.24) is 10.2 Å². The van der Waals surface area contributed by atoms with Crippen molar-refractivity contribution >= 4 is 12.0 Å². The number of piperidine rings is 1. The largest absolute Gasteiger partial charge is 0.453 e. The molecule has 5 nitrogen and oxygen atoms in total. The van der Waals surface area contributed by atoms with E-state index in [1.165, 1.54) is 19.2 Å². The molecule has 2 rings (SSSR count). The molecule has 0 spiro atoms. The Hall–Kier alpha value is -2.11. The number of methoxy groups -OCH3 is 1. The van der Waals surface area contributed by atoms with Crippen LogP contribution in [-0.4, -0.2) is 43.6 Å². The van der Waals surface area contributed by atoms with Crippen molar-refractivity contribution in [2.24, 2.45) is 5.92 Å². The van der Waals surface area contributed by atoms with Crippen LogP contribution in [0, 0.1) is 11.7 Å². The molecule has 0 aromatic heterocycles. The van der Waals surface area contributed by atoms with E-state index < -0.39 is 0 Å². The Morgan fingerprint density at radius 2 is 1.91 bits per heavy atom. The first kappa shape index (κ1) is 16.3. The average molecular weight is 308 g/mol. The highest BCUT2D eigenvalue weighted by molar-refractivity contribution is 5.78. The molecular weight excluding hydrogens is 287 g/mol. The van der Waals surface area contributed by atoms with E-state index in [9.17, 15) is 14.0 Å². The minimum atomic E-state index is -0.304. The Kier molecular flexibility index (Phi) is 5.75. The molecule has 1 heterocycles. The lowest BCUT2D eigenvalue weighted by molar-refractivity contribution is -0.120. The van der Waals surface area contributed by atoms with Crippen molar-refractivity contribution in [3.05, 3.63) is 35.6 Å². The summed E-state index contributed by atoms with van der Waals surface area (Å²) in [6.45, 7) is 1.92. The zero-order valence-electron chi connectivity index (χ0n) is 12.7. The van der Waals surface area contributed by atoms with Crippen molar-refractivity contribution in [2.75, 3.05) is 26.7 Å². The predicted molar refractivity (Wildman–Crippen MR) is 79.8 cm³/mol. The number of halogens is 1. The Balaban J connectivity index is 1.69. The van der Waals surface area contributed by atoms with E-state index in [0.29, 0.717) is 25.6 Å². The maximum Gasteiger partial charge on any atom is 0.409 e. The number of likely N-dealkylation sites (tertiary alicyclic amines) is 1.